The van der Waals surface area contributed by atoms with E-state index in [4.69, 9.17) is 5.26 Å². The predicted molar refractivity (Wildman–Crippen MR) is 44.8 cm³/mol. The Morgan fingerprint density at radius 2 is 1.86 bits per heavy atom. The Kier molecular flexibility index (Phi) is 3.39. The number of rotatable bonds is 2. The second kappa shape index (κ2) is 4.19. The Morgan fingerprint density at radius 3 is 2.21 bits per heavy atom. The van der Waals surface area contributed by atoms with Gasteiger partial charge >= 0.3 is 5.76 Å². The molecule has 0 N–H and O–H groups in total. The van der Waals surface area contributed by atoms with Crippen molar-refractivity contribution in [2.24, 2.45) is 5.92 Å². The lowest BCUT2D eigenvalue weighted by atomic mass is 10.0. The van der Waals surface area contributed by atoms with E-state index in [0.717, 1.165) is 4.31 Å². The maximum absolute atomic E-state index is 12.1. The predicted octanol–water partition coefficient (Wildman–Crippen LogP) is 0.774. The van der Waals surface area contributed by atoms with E-state index in [1.54, 1.807) is 0 Å². The molecule has 0 aromatic rings. The molecule has 1 saturated heterocycles. The van der Waals surface area contributed by atoms with Gasteiger partial charge in [0.1, 0.15) is 0 Å². The van der Waals surface area contributed by atoms with Crippen molar-refractivity contribution in [2.75, 3.05) is 13.1 Å². The van der Waals surface area contributed by atoms with Crippen LogP contribution in [0.3, 0.4) is 0 Å². The van der Waals surface area contributed by atoms with Gasteiger partial charge in [0.05, 0.1) is 6.07 Å². The SMILES string of the molecule is N#CC1CCN(S(=O)(=O)C(F)F)CC1. The monoisotopic (exact) mass is 224 g/mol. The van der Waals surface area contributed by atoms with Crippen LogP contribution in [0.1, 0.15) is 12.8 Å². The number of nitrogens with zero attached hydrogens (tertiary/aromatic N) is 2. The van der Waals surface area contributed by atoms with Crippen LogP contribution in [0.5, 0.6) is 0 Å². The van der Waals surface area contributed by atoms with Gasteiger partial charge in [0.15, 0.2) is 0 Å². The first-order valence-electron chi connectivity index (χ1n) is 4.15. The molecule has 1 heterocycles. The number of alkyl halides is 2. The molecule has 7 heteroatoms. The molecule has 1 aliphatic rings. The van der Waals surface area contributed by atoms with Crippen molar-refractivity contribution in [2.45, 2.75) is 18.6 Å². The van der Waals surface area contributed by atoms with E-state index in [-0.39, 0.29) is 19.0 Å². The smallest absolute Gasteiger partial charge is 0.206 e. The molecule has 0 aromatic carbocycles. The fraction of sp³-hybridized carbons (Fsp3) is 0.857. The van der Waals surface area contributed by atoms with Crippen molar-refractivity contribution >= 4 is 10.0 Å². The molecule has 0 aliphatic carbocycles. The van der Waals surface area contributed by atoms with E-state index < -0.39 is 15.8 Å². The summed E-state index contributed by atoms with van der Waals surface area (Å²) in [5.74, 6) is -3.57. The minimum absolute atomic E-state index is 0.0188. The van der Waals surface area contributed by atoms with Crippen LogP contribution in [-0.4, -0.2) is 31.6 Å². The highest BCUT2D eigenvalue weighted by Crippen LogP contribution is 2.21. The van der Waals surface area contributed by atoms with Gasteiger partial charge in [0.2, 0.25) is 0 Å². The maximum atomic E-state index is 12.1. The molecule has 1 fully saturated rings. The van der Waals surface area contributed by atoms with Crippen molar-refractivity contribution in [3.63, 3.8) is 0 Å². The summed E-state index contributed by atoms with van der Waals surface area (Å²) in [6, 6.07) is 2.00. The zero-order chi connectivity index (χ0) is 10.8. The van der Waals surface area contributed by atoms with Crippen molar-refractivity contribution in [1.29, 1.82) is 5.26 Å². The Balaban J connectivity index is 2.64. The number of hydrogen-bond donors (Lipinski definition) is 0. The van der Waals surface area contributed by atoms with Gasteiger partial charge in [-0.15, -0.1) is 0 Å². The molecule has 4 nitrogen and oxygen atoms in total. The largest absolute Gasteiger partial charge is 0.350 e. The number of halogens is 2. The van der Waals surface area contributed by atoms with Crippen LogP contribution < -0.4 is 0 Å². The fourth-order valence-corrected chi connectivity index (χ4v) is 2.30. The highest BCUT2D eigenvalue weighted by molar-refractivity contribution is 7.89. The van der Waals surface area contributed by atoms with Crippen LogP contribution in [-0.2, 0) is 10.0 Å². The maximum Gasteiger partial charge on any atom is 0.350 e. The summed E-state index contributed by atoms with van der Waals surface area (Å²) in [5.41, 5.74) is 0. The lowest BCUT2D eigenvalue weighted by Gasteiger charge is -2.27. The molecular weight excluding hydrogens is 214 g/mol. The van der Waals surface area contributed by atoms with Crippen LogP contribution >= 0.6 is 0 Å². The van der Waals surface area contributed by atoms with Gasteiger partial charge in [0.25, 0.3) is 10.0 Å². The molecule has 0 radical (unpaired) electrons. The molecule has 1 rings (SSSR count). The Bertz CT molecular complexity index is 328. The lowest BCUT2D eigenvalue weighted by Crippen LogP contribution is -2.41. The lowest BCUT2D eigenvalue weighted by molar-refractivity contribution is 0.209. The zero-order valence-electron chi connectivity index (χ0n) is 7.36. The molecule has 14 heavy (non-hydrogen) atoms. The third kappa shape index (κ3) is 2.19. The van der Waals surface area contributed by atoms with Crippen molar-refractivity contribution < 1.29 is 17.2 Å². The van der Waals surface area contributed by atoms with Crippen LogP contribution in [0.4, 0.5) is 8.78 Å². The van der Waals surface area contributed by atoms with Gasteiger partial charge in [-0.2, -0.15) is 18.3 Å². The summed E-state index contributed by atoms with van der Waals surface area (Å²) in [6.07, 6.45) is 0.672. The summed E-state index contributed by atoms with van der Waals surface area (Å²) in [4.78, 5) is 0. The van der Waals surface area contributed by atoms with Crippen LogP contribution in [0.25, 0.3) is 0 Å². The summed E-state index contributed by atoms with van der Waals surface area (Å²) >= 11 is 0. The fourth-order valence-electron chi connectivity index (χ4n) is 1.35. The van der Waals surface area contributed by atoms with Crippen LogP contribution in [0, 0.1) is 17.2 Å². The Labute approximate surface area is 81.2 Å². The van der Waals surface area contributed by atoms with Gasteiger partial charge < -0.3 is 0 Å². The van der Waals surface area contributed by atoms with E-state index in [1.165, 1.54) is 0 Å². The first-order valence-corrected chi connectivity index (χ1v) is 5.65. The average Bonchev–Trinajstić information content (AvgIpc) is 2.17. The Hall–Kier alpha value is -0.740. The Morgan fingerprint density at radius 1 is 1.36 bits per heavy atom. The van der Waals surface area contributed by atoms with E-state index in [1.807, 2.05) is 6.07 Å². The number of piperidine rings is 1. The minimum atomic E-state index is -4.44. The third-order valence-corrected chi connectivity index (χ3v) is 3.76. The summed E-state index contributed by atoms with van der Waals surface area (Å²) in [5, 5.41) is 8.52. The van der Waals surface area contributed by atoms with Crippen LogP contribution in [0.2, 0.25) is 0 Å². The van der Waals surface area contributed by atoms with Gasteiger partial charge in [-0.05, 0) is 12.8 Å². The quantitative estimate of drug-likeness (QED) is 0.696. The van der Waals surface area contributed by atoms with E-state index in [2.05, 4.69) is 0 Å². The highest BCUT2D eigenvalue weighted by Gasteiger charge is 2.34. The van der Waals surface area contributed by atoms with Crippen molar-refractivity contribution in [3.05, 3.63) is 0 Å². The van der Waals surface area contributed by atoms with E-state index >= 15 is 0 Å². The molecule has 0 bridgehead atoms. The topological polar surface area (TPSA) is 61.2 Å². The molecule has 0 amide bonds. The number of sulfonamides is 1. The normalized spacial score (nSPS) is 21.0. The van der Waals surface area contributed by atoms with Crippen molar-refractivity contribution in [3.8, 4) is 6.07 Å². The molecule has 0 saturated carbocycles. The van der Waals surface area contributed by atoms with Crippen LogP contribution in [0.15, 0.2) is 0 Å². The van der Waals surface area contributed by atoms with Gasteiger partial charge in [-0.3, -0.25) is 0 Å². The average molecular weight is 224 g/mol. The first-order chi connectivity index (χ1) is 6.48. The minimum Gasteiger partial charge on any atom is -0.206 e. The number of hydrogen-bond acceptors (Lipinski definition) is 3. The summed E-state index contributed by atoms with van der Waals surface area (Å²) < 4.78 is 46.9. The molecule has 0 spiro atoms. The number of nitriles is 1. The second-order valence-electron chi connectivity index (χ2n) is 3.11. The molecular formula is C7H10F2N2O2S. The molecule has 0 unspecified atom stereocenters. The molecule has 80 valence electrons. The molecule has 0 atom stereocenters. The third-order valence-electron chi connectivity index (χ3n) is 2.22. The zero-order valence-corrected chi connectivity index (χ0v) is 8.17. The molecule has 1 aliphatic heterocycles. The van der Waals surface area contributed by atoms with E-state index in [9.17, 15) is 17.2 Å². The van der Waals surface area contributed by atoms with Gasteiger partial charge in [0, 0.05) is 19.0 Å². The summed E-state index contributed by atoms with van der Waals surface area (Å²) in [6.45, 7) is 0.0375. The van der Waals surface area contributed by atoms with Gasteiger partial charge in [-0.25, -0.2) is 8.42 Å². The van der Waals surface area contributed by atoms with E-state index in [0.29, 0.717) is 12.8 Å². The highest BCUT2D eigenvalue weighted by atomic mass is 32.2. The van der Waals surface area contributed by atoms with Gasteiger partial charge in [-0.1, -0.05) is 0 Å². The second-order valence-corrected chi connectivity index (χ2v) is 5.01. The molecule has 0 aromatic heterocycles. The van der Waals surface area contributed by atoms with Crippen molar-refractivity contribution in [1.82, 2.24) is 4.31 Å². The standard InChI is InChI=1S/C7H10F2N2O2S/c8-7(9)14(12,13)11-3-1-6(5-10)2-4-11/h6-7H,1-4H2. The summed E-state index contributed by atoms with van der Waals surface area (Å²) in [7, 11) is -4.44. The first kappa shape index (κ1) is 11.3.